The van der Waals surface area contributed by atoms with E-state index < -0.39 is 0 Å². The molecule has 1 aliphatic carbocycles. The van der Waals surface area contributed by atoms with Gasteiger partial charge in [-0.2, -0.15) is 5.10 Å². The van der Waals surface area contributed by atoms with E-state index >= 15 is 0 Å². The molecule has 5 heteroatoms. The third kappa shape index (κ3) is 3.06. The van der Waals surface area contributed by atoms with Crippen molar-refractivity contribution >= 4 is 11.6 Å². The fraction of sp³-hybridized carbons (Fsp3) is 0.786. The maximum Gasteiger partial charge on any atom is 0.160 e. The number of rotatable bonds is 5. The molecule has 19 heavy (non-hydrogen) atoms. The Morgan fingerprint density at radius 1 is 1.47 bits per heavy atom. The molecule has 0 N–H and O–H groups in total. The summed E-state index contributed by atoms with van der Waals surface area (Å²) in [5.41, 5.74) is 1.22. The van der Waals surface area contributed by atoms with Crippen LogP contribution in [-0.4, -0.2) is 47.8 Å². The molecule has 1 heterocycles. The molecule has 0 amide bonds. The van der Waals surface area contributed by atoms with Gasteiger partial charge in [-0.3, -0.25) is 4.68 Å². The molecule has 0 bridgehead atoms. The summed E-state index contributed by atoms with van der Waals surface area (Å²) in [5.74, 6) is 1.84. The smallest absolute Gasteiger partial charge is 0.160 e. The van der Waals surface area contributed by atoms with Crippen LogP contribution >= 0.6 is 11.6 Å². The molecule has 1 fully saturated rings. The molecule has 1 aromatic rings. The van der Waals surface area contributed by atoms with E-state index in [4.69, 9.17) is 16.3 Å². The lowest BCUT2D eigenvalue weighted by Crippen LogP contribution is -2.22. The molecule has 4 nitrogen and oxygen atoms in total. The van der Waals surface area contributed by atoms with Crippen LogP contribution in [0.4, 0.5) is 0 Å². The fourth-order valence-corrected chi connectivity index (χ4v) is 3.19. The second-order valence-electron chi connectivity index (χ2n) is 5.68. The van der Waals surface area contributed by atoms with Gasteiger partial charge in [0.2, 0.25) is 0 Å². The van der Waals surface area contributed by atoms with Gasteiger partial charge in [0.1, 0.15) is 0 Å². The molecule has 0 saturated heterocycles. The van der Waals surface area contributed by atoms with Gasteiger partial charge in [-0.05, 0) is 32.9 Å². The number of hydrogen-bond donors (Lipinski definition) is 0. The predicted octanol–water partition coefficient (Wildman–Crippen LogP) is 2.57. The zero-order valence-corrected chi connectivity index (χ0v) is 13.0. The molecular weight excluding hydrogens is 262 g/mol. The van der Waals surface area contributed by atoms with Crippen molar-refractivity contribution in [1.29, 1.82) is 0 Å². The zero-order valence-electron chi connectivity index (χ0n) is 12.3. The topological polar surface area (TPSA) is 30.3 Å². The lowest BCUT2D eigenvalue weighted by molar-refractivity contribution is 0.354. The van der Waals surface area contributed by atoms with E-state index in [0.717, 1.165) is 31.7 Å². The minimum atomic E-state index is 0.270. The highest BCUT2D eigenvalue weighted by atomic mass is 35.5. The van der Waals surface area contributed by atoms with Crippen molar-refractivity contribution in [3.8, 4) is 5.75 Å². The Balaban J connectivity index is 2.23. The van der Waals surface area contributed by atoms with Crippen LogP contribution in [0.1, 0.15) is 31.4 Å². The van der Waals surface area contributed by atoms with E-state index in [9.17, 15) is 0 Å². The highest BCUT2D eigenvalue weighted by Gasteiger charge is 2.36. The molecule has 2 rings (SSSR count). The zero-order chi connectivity index (χ0) is 14.0. The van der Waals surface area contributed by atoms with E-state index in [2.05, 4.69) is 35.7 Å². The average molecular weight is 286 g/mol. The van der Waals surface area contributed by atoms with Gasteiger partial charge in [0, 0.05) is 17.8 Å². The predicted molar refractivity (Wildman–Crippen MR) is 78.1 cm³/mol. The van der Waals surface area contributed by atoms with Crippen molar-refractivity contribution in [3.05, 3.63) is 11.9 Å². The first-order valence-corrected chi connectivity index (χ1v) is 7.36. The normalized spacial score (nSPS) is 27.2. The average Bonchev–Trinajstić information content (AvgIpc) is 2.92. The third-order valence-electron chi connectivity index (χ3n) is 4.13. The number of aromatic nitrogens is 2. The first kappa shape index (κ1) is 14.7. The fourth-order valence-electron chi connectivity index (χ4n) is 2.88. The Hall–Kier alpha value is -0.740. The number of ether oxygens (including phenoxy) is 1. The van der Waals surface area contributed by atoms with Crippen molar-refractivity contribution in [2.75, 3.05) is 27.7 Å². The number of hydrogen-bond acceptors (Lipinski definition) is 3. The van der Waals surface area contributed by atoms with Crippen LogP contribution in [0.15, 0.2) is 6.20 Å². The van der Waals surface area contributed by atoms with Gasteiger partial charge in [0.15, 0.2) is 5.75 Å². The molecule has 0 radical (unpaired) electrons. The monoisotopic (exact) mass is 285 g/mol. The van der Waals surface area contributed by atoms with Gasteiger partial charge < -0.3 is 9.64 Å². The summed E-state index contributed by atoms with van der Waals surface area (Å²) >= 11 is 6.37. The quantitative estimate of drug-likeness (QED) is 0.779. The summed E-state index contributed by atoms with van der Waals surface area (Å²) in [5, 5.41) is 4.76. The molecular formula is C14H24ClN3O. The van der Waals surface area contributed by atoms with Gasteiger partial charge >= 0.3 is 0 Å². The van der Waals surface area contributed by atoms with Crippen molar-refractivity contribution in [2.24, 2.45) is 5.92 Å². The Kier molecular flexibility index (Phi) is 4.74. The van der Waals surface area contributed by atoms with Crippen LogP contribution < -0.4 is 4.74 Å². The lowest BCUT2D eigenvalue weighted by atomic mass is 9.94. The largest absolute Gasteiger partial charge is 0.493 e. The summed E-state index contributed by atoms with van der Waals surface area (Å²) in [7, 11) is 5.87. The number of methoxy groups -OCH3 is 1. The number of likely N-dealkylation sites (N-methyl/N-ethyl adjacent to an activating group) is 1. The van der Waals surface area contributed by atoms with Crippen molar-refractivity contribution in [3.63, 3.8) is 0 Å². The summed E-state index contributed by atoms with van der Waals surface area (Å²) in [6, 6.07) is 0. The van der Waals surface area contributed by atoms with Gasteiger partial charge in [-0.15, -0.1) is 11.6 Å². The Labute approximate surface area is 120 Å². The first-order valence-electron chi connectivity index (χ1n) is 6.93. The van der Waals surface area contributed by atoms with Crippen LogP contribution in [0.5, 0.6) is 5.75 Å². The molecule has 0 aliphatic heterocycles. The molecule has 0 spiro atoms. The highest BCUT2D eigenvalue weighted by Crippen LogP contribution is 2.44. The van der Waals surface area contributed by atoms with Gasteiger partial charge in [0.25, 0.3) is 0 Å². The second kappa shape index (κ2) is 6.14. The standard InChI is InChI=1S/C14H24ClN3O/c1-10-11(5-6-12(10)15)14-13(19-4)9-16-18(14)8-7-17(2)3/h9-12H,5-8H2,1-4H3. The number of alkyl halides is 1. The number of halogens is 1. The Morgan fingerprint density at radius 2 is 2.21 bits per heavy atom. The van der Waals surface area contributed by atoms with Crippen LogP contribution in [0.3, 0.4) is 0 Å². The minimum absolute atomic E-state index is 0.270. The summed E-state index contributed by atoms with van der Waals surface area (Å²) in [6.45, 7) is 4.10. The maximum absolute atomic E-state index is 6.37. The molecule has 1 aliphatic rings. The third-order valence-corrected chi connectivity index (χ3v) is 4.75. The second-order valence-corrected chi connectivity index (χ2v) is 6.24. The molecule has 108 valence electrons. The van der Waals surface area contributed by atoms with Crippen LogP contribution in [0, 0.1) is 5.92 Å². The Morgan fingerprint density at radius 3 is 2.74 bits per heavy atom. The summed E-state index contributed by atoms with van der Waals surface area (Å²) in [6.07, 6.45) is 4.04. The molecule has 3 atom stereocenters. The molecule has 1 saturated carbocycles. The van der Waals surface area contributed by atoms with Crippen molar-refractivity contribution in [1.82, 2.24) is 14.7 Å². The van der Waals surface area contributed by atoms with Crippen LogP contribution in [0.25, 0.3) is 0 Å². The van der Waals surface area contributed by atoms with Gasteiger partial charge in [-0.25, -0.2) is 0 Å². The van der Waals surface area contributed by atoms with Crippen molar-refractivity contribution in [2.45, 2.75) is 37.6 Å². The first-order chi connectivity index (χ1) is 9.04. The number of nitrogens with zero attached hydrogens (tertiary/aromatic N) is 3. The van der Waals surface area contributed by atoms with E-state index in [1.165, 1.54) is 5.69 Å². The van der Waals surface area contributed by atoms with Gasteiger partial charge in [0.05, 0.1) is 25.5 Å². The van der Waals surface area contributed by atoms with E-state index in [0.29, 0.717) is 11.8 Å². The van der Waals surface area contributed by atoms with Crippen LogP contribution in [-0.2, 0) is 6.54 Å². The van der Waals surface area contributed by atoms with Gasteiger partial charge in [-0.1, -0.05) is 6.92 Å². The summed E-state index contributed by atoms with van der Waals surface area (Å²) in [4.78, 5) is 2.17. The maximum atomic E-state index is 6.37. The van der Waals surface area contributed by atoms with E-state index in [1.54, 1.807) is 7.11 Å². The van der Waals surface area contributed by atoms with Crippen LogP contribution in [0.2, 0.25) is 0 Å². The molecule has 0 aromatic carbocycles. The molecule has 3 unspecified atom stereocenters. The van der Waals surface area contributed by atoms with E-state index in [-0.39, 0.29) is 5.38 Å². The molecule has 1 aromatic heterocycles. The van der Waals surface area contributed by atoms with Crippen molar-refractivity contribution < 1.29 is 4.74 Å². The summed E-state index contributed by atoms with van der Waals surface area (Å²) < 4.78 is 7.58. The van der Waals surface area contributed by atoms with E-state index in [1.807, 2.05) is 6.20 Å². The SMILES string of the molecule is COc1cnn(CCN(C)C)c1C1CCC(Cl)C1C. The minimum Gasteiger partial charge on any atom is -0.493 e. The highest BCUT2D eigenvalue weighted by molar-refractivity contribution is 6.21. The Bertz CT molecular complexity index is 419. The lowest BCUT2D eigenvalue weighted by Gasteiger charge is -2.21.